The molecule has 1 aromatic carbocycles. The number of hydrogen-bond acceptors (Lipinski definition) is 5. The highest BCUT2D eigenvalue weighted by Crippen LogP contribution is 2.23. The quantitative estimate of drug-likeness (QED) is 0.633. The summed E-state index contributed by atoms with van der Waals surface area (Å²) in [6.45, 7) is 1.91. The van der Waals surface area contributed by atoms with E-state index in [9.17, 15) is 9.18 Å². The van der Waals surface area contributed by atoms with Crippen molar-refractivity contribution >= 4 is 11.7 Å². The summed E-state index contributed by atoms with van der Waals surface area (Å²) in [6, 6.07) is 3.84. The molecule has 0 amide bonds. The van der Waals surface area contributed by atoms with Crippen molar-refractivity contribution in [3.8, 4) is 11.4 Å². The number of aromatic nitrogens is 3. The van der Waals surface area contributed by atoms with Crippen molar-refractivity contribution in [3.05, 3.63) is 29.8 Å². The zero-order valence-electron chi connectivity index (χ0n) is 9.61. The van der Waals surface area contributed by atoms with E-state index >= 15 is 0 Å². The van der Waals surface area contributed by atoms with Crippen molar-refractivity contribution in [2.24, 2.45) is 0 Å². The van der Waals surface area contributed by atoms with E-state index < -0.39 is 11.8 Å². The number of nitrogens with zero attached hydrogens (tertiary/aromatic N) is 2. The Labute approximate surface area is 102 Å². The molecule has 7 heteroatoms. The lowest BCUT2D eigenvalue weighted by molar-refractivity contribution is 0.0512. The van der Waals surface area contributed by atoms with Crippen LogP contribution in [-0.4, -0.2) is 27.8 Å². The van der Waals surface area contributed by atoms with Gasteiger partial charge >= 0.3 is 5.97 Å². The topological polar surface area (TPSA) is 93.9 Å². The van der Waals surface area contributed by atoms with Gasteiger partial charge in [0.25, 0.3) is 0 Å². The van der Waals surface area contributed by atoms with Crippen molar-refractivity contribution in [2.45, 2.75) is 6.92 Å². The molecule has 0 aliphatic rings. The first-order valence-electron chi connectivity index (χ1n) is 5.26. The van der Waals surface area contributed by atoms with Crippen LogP contribution >= 0.6 is 0 Å². The number of ether oxygens (including phenoxy) is 1. The maximum Gasteiger partial charge on any atom is 0.375 e. The molecule has 0 saturated carbocycles. The molecule has 18 heavy (non-hydrogen) atoms. The SMILES string of the molecule is CCOC(=O)c1nc(-c2cc(F)ccc2N)n[nH]1. The fourth-order valence-electron chi connectivity index (χ4n) is 1.40. The van der Waals surface area contributed by atoms with Gasteiger partial charge in [-0.3, -0.25) is 5.10 Å². The third kappa shape index (κ3) is 2.29. The van der Waals surface area contributed by atoms with Crippen LogP contribution in [0, 0.1) is 5.82 Å². The molecular formula is C11H11FN4O2. The van der Waals surface area contributed by atoms with Gasteiger partial charge in [0.15, 0.2) is 5.82 Å². The average Bonchev–Trinajstić information content (AvgIpc) is 2.82. The van der Waals surface area contributed by atoms with Crippen LogP contribution < -0.4 is 5.73 Å². The third-order valence-electron chi connectivity index (χ3n) is 2.21. The summed E-state index contributed by atoms with van der Waals surface area (Å²) in [5, 5.41) is 6.23. The number of nitrogen functional groups attached to an aromatic ring is 1. The van der Waals surface area contributed by atoms with Crippen LogP contribution in [0.1, 0.15) is 17.5 Å². The Balaban J connectivity index is 2.35. The van der Waals surface area contributed by atoms with Crippen molar-refractivity contribution < 1.29 is 13.9 Å². The first kappa shape index (κ1) is 12.0. The highest BCUT2D eigenvalue weighted by molar-refractivity contribution is 5.86. The van der Waals surface area contributed by atoms with E-state index in [1.807, 2.05) is 0 Å². The summed E-state index contributed by atoms with van der Waals surface area (Å²) in [4.78, 5) is 15.3. The van der Waals surface area contributed by atoms with E-state index in [-0.39, 0.29) is 18.3 Å². The van der Waals surface area contributed by atoms with E-state index in [0.717, 1.165) is 0 Å². The standard InChI is InChI=1S/C11H11FN4O2/c1-2-18-11(17)10-14-9(15-16-10)7-5-6(12)3-4-8(7)13/h3-5H,2,13H2,1H3,(H,14,15,16). The molecule has 2 rings (SSSR count). The fraction of sp³-hybridized carbons (Fsp3) is 0.182. The summed E-state index contributed by atoms with van der Waals surface area (Å²) in [5.41, 5.74) is 6.33. The molecule has 0 radical (unpaired) electrons. The van der Waals surface area contributed by atoms with Crippen LogP contribution in [0.15, 0.2) is 18.2 Å². The van der Waals surface area contributed by atoms with E-state index in [2.05, 4.69) is 15.2 Å². The maximum absolute atomic E-state index is 13.1. The minimum absolute atomic E-state index is 0.0458. The number of H-pyrrole nitrogens is 1. The van der Waals surface area contributed by atoms with Gasteiger partial charge < -0.3 is 10.5 Å². The van der Waals surface area contributed by atoms with Crippen LogP contribution in [0.2, 0.25) is 0 Å². The lowest BCUT2D eigenvalue weighted by atomic mass is 10.1. The Morgan fingerprint density at radius 2 is 2.33 bits per heavy atom. The highest BCUT2D eigenvalue weighted by atomic mass is 19.1. The highest BCUT2D eigenvalue weighted by Gasteiger charge is 2.15. The number of rotatable bonds is 3. The number of benzene rings is 1. The maximum atomic E-state index is 13.1. The van der Waals surface area contributed by atoms with Crippen molar-refractivity contribution in [1.29, 1.82) is 0 Å². The van der Waals surface area contributed by atoms with E-state index in [0.29, 0.717) is 11.3 Å². The lowest BCUT2D eigenvalue weighted by Gasteiger charge is -2.00. The Hall–Kier alpha value is -2.44. The van der Waals surface area contributed by atoms with Crippen LogP contribution in [0.3, 0.4) is 0 Å². The molecule has 94 valence electrons. The molecule has 0 aliphatic carbocycles. The summed E-state index contributed by atoms with van der Waals surface area (Å²) < 4.78 is 17.9. The number of anilines is 1. The predicted molar refractivity (Wildman–Crippen MR) is 62.1 cm³/mol. The van der Waals surface area contributed by atoms with Crippen LogP contribution in [-0.2, 0) is 4.74 Å². The molecule has 0 bridgehead atoms. The van der Waals surface area contributed by atoms with E-state index in [1.165, 1.54) is 18.2 Å². The number of carbonyl (C=O) groups is 1. The van der Waals surface area contributed by atoms with Gasteiger partial charge in [-0.15, -0.1) is 0 Å². The largest absolute Gasteiger partial charge is 0.460 e. The Bertz CT molecular complexity index is 582. The molecule has 3 N–H and O–H groups in total. The van der Waals surface area contributed by atoms with Crippen LogP contribution in [0.25, 0.3) is 11.4 Å². The summed E-state index contributed by atoms with van der Waals surface area (Å²) in [5.74, 6) is -0.974. The van der Waals surface area contributed by atoms with Crippen LogP contribution in [0.4, 0.5) is 10.1 Å². The Kier molecular flexibility index (Phi) is 3.22. The number of carbonyl (C=O) groups excluding carboxylic acids is 1. The second kappa shape index (κ2) is 4.82. The second-order valence-corrected chi connectivity index (χ2v) is 3.46. The van der Waals surface area contributed by atoms with E-state index in [4.69, 9.17) is 10.5 Å². The number of esters is 1. The van der Waals surface area contributed by atoms with Crippen molar-refractivity contribution in [1.82, 2.24) is 15.2 Å². The van der Waals surface area contributed by atoms with Gasteiger partial charge in [-0.1, -0.05) is 0 Å². The average molecular weight is 250 g/mol. The van der Waals surface area contributed by atoms with Gasteiger partial charge in [0, 0.05) is 11.3 Å². The van der Waals surface area contributed by atoms with Gasteiger partial charge in [0.1, 0.15) is 5.82 Å². The minimum atomic E-state index is -0.619. The fourth-order valence-corrected chi connectivity index (χ4v) is 1.40. The van der Waals surface area contributed by atoms with Gasteiger partial charge in [0.05, 0.1) is 6.61 Å². The first-order valence-corrected chi connectivity index (χ1v) is 5.26. The number of hydrogen-bond donors (Lipinski definition) is 2. The van der Waals surface area contributed by atoms with Crippen molar-refractivity contribution in [3.63, 3.8) is 0 Å². The zero-order valence-corrected chi connectivity index (χ0v) is 9.61. The Morgan fingerprint density at radius 1 is 1.56 bits per heavy atom. The molecule has 0 spiro atoms. The second-order valence-electron chi connectivity index (χ2n) is 3.46. The molecule has 0 unspecified atom stereocenters. The van der Waals surface area contributed by atoms with Gasteiger partial charge in [-0.2, -0.15) is 5.10 Å². The van der Waals surface area contributed by atoms with Gasteiger partial charge in [-0.05, 0) is 25.1 Å². The van der Waals surface area contributed by atoms with E-state index in [1.54, 1.807) is 6.92 Å². The zero-order chi connectivity index (χ0) is 13.1. The number of nitrogens with one attached hydrogen (secondary N) is 1. The number of halogens is 1. The first-order chi connectivity index (χ1) is 8.61. The monoisotopic (exact) mass is 250 g/mol. The number of nitrogens with two attached hydrogens (primary N) is 1. The molecule has 0 fully saturated rings. The molecule has 0 saturated heterocycles. The predicted octanol–water partition coefficient (Wildman–Crippen LogP) is 1.37. The van der Waals surface area contributed by atoms with Gasteiger partial charge in [-0.25, -0.2) is 14.2 Å². The van der Waals surface area contributed by atoms with Gasteiger partial charge in [0.2, 0.25) is 5.82 Å². The summed E-state index contributed by atoms with van der Waals surface area (Å²) in [6.07, 6.45) is 0. The lowest BCUT2D eigenvalue weighted by Crippen LogP contribution is -2.06. The molecule has 6 nitrogen and oxygen atoms in total. The molecule has 2 aromatic rings. The molecular weight excluding hydrogens is 239 g/mol. The molecule has 0 aliphatic heterocycles. The number of aromatic amines is 1. The molecule has 0 atom stereocenters. The minimum Gasteiger partial charge on any atom is -0.460 e. The Morgan fingerprint density at radius 3 is 3.06 bits per heavy atom. The molecule has 1 aromatic heterocycles. The normalized spacial score (nSPS) is 10.3. The smallest absolute Gasteiger partial charge is 0.375 e. The third-order valence-corrected chi connectivity index (χ3v) is 2.21. The summed E-state index contributed by atoms with van der Waals surface area (Å²) >= 11 is 0. The van der Waals surface area contributed by atoms with Crippen LogP contribution in [0.5, 0.6) is 0 Å². The van der Waals surface area contributed by atoms with Crippen molar-refractivity contribution in [2.75, 3.05) is 12.3 Å². The molecule has 1 heterocycles. The summed E-state index contributed by atoms with van der Waals surface area (Å²) in [7, 11) is 0.